The summed E-state index contributed by atoms with van der Waals surface area (Å²) in [6.45, 7) is 0.718. The number of H-pyrrole nitrogens is 1. The van der Waals surface area contributed by atoms with Gasteiger partial charge in [-0.3, -0.25) is 4.84 Å². The molecule has 1 aromatic rings. The third-order valence-electron chi connectivity index (χ3n) is 5.44. The second kappa shape index (κ2) is 11.2. The highest BCUT2D eigenvalue weighted by atomic mass is 16.7. The molecule has 0 saturated carbocycles. The van der Waals surface area contributed by atoms with Gasteiger partial charge in [0.25, 0.3) is 0 Å². The van der Waals surface area contributed by atoms with Crippen molar-refractivity contribution in [1.29, 1.82) is 0 Å². The van der Waals surface area contributed by atoms with Crippen LogP contribution >= 0.6 is 0 Å². The van der Waals surface area contributed by atoms with Gasteiger partial charge < -0.3 is 50.0 Å². The predicted octanol–water partition coefficient (Wildman–Crippen LogP) is -4.55. The Labute approximate surface area is 183 Å². The molecule has 0 aromatic carbocycles. The lowest BCUT2D eigenvalue weighted by Gasteiger charge is -2.46. The number of aryl methyl sites for hydroxylation is 1. The van der Waals surface area contributed by atoms with Crippen molar-refractivity contribution in [3.05, 3.63) is 29.6 Å². The Kier molecular flexibility index (Phi) is 8.85. The summed E-state index contributed by atoms with van der Waals surface area (Å²) in [5.74, 6) is 0. The smallest absolute Gasteiger partial charge is 0.187 e. The summed E-state index contributed by atoms with van der Waals surface area (Å²) in [6, 6.07) is 1.88. The molecule has 13 nitrogen and oxygen atoms in total. The SMILES string of the molecule is Cc1c[nH+]cc(CON[C@@H]2OC(CO)[C@@H](O)[C@@H](O[C@H]3OC(CO)[C@@H](O)[C@@H](O)C3O)C2O)c1. The van der Waals surface area contributed by atoms with Gasteiger partial charge in [0.15, 0.2) is 24.9 Å². The van der Waals surface area contributed by atoms with Crippen molar-refractivity contribution in [2.75, 3.05) is 13.2 Å². The molecule has 3 rings (SSSR count). The van der Waals surface area contributed by atoms with Gasteiger partial charge in [-0.15, -0.1) is 0 Å². The van der Waals surface area contributed by atoms with Gasteiger partial charge in [-0.25, -0.2) is 4.98 Å². The normalized spacial score (nSPS) is 40.4. The summed E-state index contributed by atoms with van der Waals surface area (Å²) in [4.78, 5) is 8.33. The van der Waals surface area contributed by atoms with Crippen LogP contribution in [0, 0.1) is 6.92 Å². The average Bonchev–Trinajstić information content (AvgIpc) is 2.78. The Morgan fingerprint density at radius 3 is 2.25 bits per heavy atom. The Hall–Kier alpha value is -1.33. The molecule has 2 fully saturated rings. The highest BCUT2D eigenvalue weighted by Crippen LogP contribution is 2.28. The topological polar surface area (TPSA) is 205 Å². The number of hydrogen-bond acceptors (Lipinski definition) is 12. The third-order valence-corrected chi connectivity index (χ3v) is 5.44. The fourth-order valence-electron chi connectivity index (χ4n) is 3.63. The number of hydrogen-bond donors (Lipinski definition) is 8. The monoisotopic (exact) mass is 463 g/mol. The van der Waals surface area contributed by atoms with E-state index in [-0.39, 0.29) is 6.61 Å². The van der Waals surface area contributed by atoms with E-state index >= 15 is 0 Å². The van der Waals surface area contributed by atoms with E-state index in [4.69, 9.17) is 19.0 Å². The van der Waals surface area contributed by atoms with Crippen molar-refractivity contribution >= 4 is 0 Å². The molecule has 2 saturated heterocycles. The van der Waals surface area contributed by atoms with Gasteiger partial charge in [0.05, 0.1) is 19.8 Å². The van der Waals surface area contributed by atoms with Crippen LogP contribution in [0.1, 0.15) is 11.1 Å². The van der Waals surface area contributed by atoms with Crippen LogP contribution in [-0.4, -0.2) is 110 Å². The zero-order valence-corrected chi connectivity index (χ0v) is 17.4. The van der Waals surface area contributed by atoms with Crippen molar-refractivity contribution in [1.82, 2.24) is 5.48 Å². The molecule has 1 aromatic heterocycles. The lowest BCUT2D eigenvalue weighted by molar-refractivity contribution is -0.379. The molecule has 0 spiro atoms. The Morgan fingerprint density at radius 2 is 1.59 bits per heavy atom. The zero-order chi connectivity index (χ0) is 23.4. The molecule has 0 amide bonds. The standard InChI is InChI=1S/C19H30N2O11/c1-8-2-9(4-20-3-8)7-29-21-18-16(28)17(13(25)11(6-23)30-18)32-19-15(27)14(26)12(24)10(5-22)31-19/h2-4,10-19,21-28H,5-7H2,1H3/p+1/t10?,11?,12-,13-,14-,15?,16?,17-,18-,19-/m1/s1. The first-order chi connectivity index (χ1) is 15.3. The molecule has 9 N–H and O–H groups in total. The van der Waals surface area contributed by atoms with Crippen molar-refractivity contribution in [3.63, 3.8) is 0 Å². The zero-order valence-electron chi connectivity index (χ0n) is 17.4. The molecule has 2 aliphatic rings. The molecule has 13 heteroatoms. The van der Waals surface area contributed by atoms with Gasteiger partial charge in [-0.1, -0.05) is 0 Å². The first kappa shape index (κ1) is 25.3. The fourth-order valence-corrected chi connectivity index (χ4v) is 3.63. The van der Waals surface area contributed by atoms with Crippen LogP contribution in [0.2, 0.25) is 0 Å². The molecular formula is C19H31N2O11+. The van der Waals surface area contributed by atoms with Crippen molar-refractivity contribution < 1.29 is 59.8 Å². The molecular weight excluding hydrogens is 432 g/mol. The minimum Gasteiger partial charge on any atom is -0.394 e. The largest absolute Gasteiger partial charge is 0.394 e. The van der Waals surface area contributed by atoms with Crippen LogP contribution in [0.15, 0.2) is 18.5 Å². The van der Waals surface area contributed by atoms with Gasteiger partial charge in [0.1, 0.15) is 48.8 Å². The number of aliphatic hydroxyl groups is 7. The van der Waals surface area contributed by atoms with E-state index in [1.165, 1.54) is 0 Å². The summed E-state index contributed by atoms with van der Waals surface area (Å²) in [6.07, 6.45) is -11.3. The number of nitrogens with one attached hydrogen (secondary N) is 2. The van der Waals surface area contributed by atoms with E-state index < -0.39 is 74.6 Å². The number of aliphatic hydroxyl groups excluding tert-OH is 7. The first-order valence-electron chi connectivity index (χ1n) is 10.2. The Balaban J connectivity index is 1.66. The van der Waals surface area contributed by atoms with E-state index in [1.54, 1.807) is 12.4 Å². The van der Waals surface area contributed by atoms with Crippen LogP contribution in [0.25, 0.3) is 0 Å². The van der Waals surface area contributed by atoms with Crippen LogP contribution in [0.4, 0.5) is 0 Å². The minimum absolute atomic E-state index is 0.106. The highest BCUT2D eigenvalue weighted by Gasteiger charge is 2.50. The highest BCUT2D eigenvalue weighted by molar-refractivity contribution is 5.12. The quantitative estimate of drug-likeness (QED) is 0.172. The summed E-state index contributed by atoms with van der Waals surface area (Å²) < 4.78 is 16.2. The lowest BCUT2D eigenvalue weighted by atomic mass is 9.96. The molecule has 10 atom stereocenters. The summed E-state index contributed by atoms with van der Waals surface area (Å²) >= 11 is 0. The number of hydroxylamine groups is 1. The number of pyridine rings is 1. The van der Waals surface area contributed by atoms with Gasteiger partial charge in [0.2, 0.25) is 0 Å². The van der Waals surface area contributed by atoms with Gasteiger partial charge in [-0.05, 0) is 13.0 Å². The molecule has 0 aliphatic carbocycles. The maximum Gasteiger partial charge on any atom is 0.187 e. The van der Waals surface area contributed by atoms with E-state index in [9.17, 15) is 35.7 Å². The van der Waals surface area contributed by atoms with E-state index in [1.807, 2.05) is 13.0 Å². The predicted molar refractivity (Wildman–Crippen MR) is 102 cm³/mol. The molecule has 3 heterocycles. The average molecular weight is 463 g/mol. The van der Waals surface area contributed by atoms with Crippen molar-refractivity contribution in [2.45, 2.75) is 74.9 Å². The molecule has 2 aliphatic heterocycles. The lowest BCUT2D eigenvalue weighted by Crippen LogP contribution is -2.66. The molecule has 182 valence electrons. The fraction of sp³-hybridized carbons (Fsp3) is 0.737. The van der Waals surface area contributed by atoms with Crippen LogP contribution < -0.4 is 10.5 Å². The Morgan fingerprint density at radius 1 is 0.906 bits per heavy atom. The van der Waals surface area contributed by atoms with Crippen molar-refractivity contribution in [2.24, 2.45) is 0 Å². The summed E-state index contributed by atoms with van der Waals surface area (Å²) in [5.41, 5.74) is 4.30. The maximum absolute atomic E-state index is 10.7. The molecule has 32 heavy (non-hydrogen) atoms. The second-order valence-electron chi connectivity index (χ2n) is 7.88. The molecule has 0 radical (unpaired) electrons. The molecule has 0 bridgehead atoms. The number of rotatable bonds is 8. The second-order valence-corrected chi connectivity index (χ2v) is 7.88. The first-order valence-corrected chi connectivity index (χ1v) is 10.2. The number of aromatic nitrogens is 1. The van der Waals surface area contributed by atoms with Gasteiger partial charge >= 0.3 is 0 Å². The summed E-state index contributed by atoms with van der Waals surface area (Å²) in [7, 11) is 0. The van der Waals surface area contributed by atoms with Crippen LogP contribution in [-0.2, 0) is 25.7 Å². The molecule has 4 unspecified atom stereocenters. The van der Waals surface area contributed by atoms with Gasteiger partial charge in [0, 0.05) is 11.1 Å². The van der Waals surface area contributed by atoms with Crippen molar-refractivity contribution in [3.8, 4) is 0 Å². The maximum atomic E-state index is 10.7. The Bertz CT molecular complexity index is 726. The van der Waals surface area contributed by atoms with Crippen LogP contribution in [0.5, 0.6) is 0 Å². The van der Waals surface area contributed by atoms with Crippen LogP contribution in [0.3, 0.4) is 0 Å². The third kappa shape index (κ3) is 5.59. The number of aromatic amines is 1. The minimum atomic E-state index is -1.73. The van der Waals surface area contributed by atoms with E-state index in [0.717, 1.165) is 11.1 Å². The van der Waals surface area contributed by atoms with Gasteiger partial charge in [-0.2, -0.15) is 5.48 Å². The van der Waals surface area contributed by atoms with E-state index in [2.05, 4.69) is 10.5 Å². The van der Waals surface area contributed by atoms with E-state index in [0.29, 0.717) is 0 Å². The summed E-state index contributed by atoms with van der Waals surface area (Å²) in [5, 5.41) is 70.0. The number of ether oxygens (including phenoxy) is 3.